The predicted octanol–water partition coefficient (Wildman–Crippen LogP) is 2.43. The number of carbonyl (C=O) groups excluding carboxylic acids is 1. The molecule has 0 radical (unpaired) electrons. The van der Waals surface area contributed by atoms with Crippen molar-refractivity contribution >= 4 is 11.6 Å². The third-order valence-electron chi connectivity index (χ3n) is 3.24. The van der Waals surface area contributed by atoms with Gasteiger partial charge < -0.3 is 14.7 Å². The number of anilines is 1. The van der Waals surface area contributed by atoms with Gasteiger partial charge in [0.25, 0.3) is 5.91 Å². The summed E-state index contributed by atoms with van der Waals surface area (Å²) in [4.78, 5) is 13.4. The van der Waals surface area contributed by atoms with Crippen molar-refractivity contribution in [2.24, 2.45) is 0 Å². The zero-order chi connectivity index (χ0) is 15.5. The number of hydrogen-bond donors (Lipinski definition) is 1. The highest BCUT2D eigenvalue weighted by atomic mass is 19.4. The van der Waals surface area contributed by atoms with Gasteiger partial charge in [-0.1, -0.05) is 18.2 Å². The van der Waals surface area contributed by atoms with E-state index >= 15 is 0 Å². The van der Waals surface area contributed by atoms with Crippen LogP contribution in [0.25, 0.3) is 0 Å². The number of aliphatic hydroxyl groups excluding tert-OH is 1. The van der Waals surface area contributed by atoms with Gasteiger partial charge in [0, 0.05) is 17.8 Å². The van der Waals surface area contributed by atoms with Crippen LogP contribution in [0.4, 0.5) is 18.9 Å². The van der Waals surface area contributed by atoms with E-state index in [-0.39, 0.29) is 0 Å². The molecular weight excluding hydrogens is 287 g/mol. The Morgan fingerprint density at radius 3 is 2.81 bits per heavy atom. The number of benzene rings is 1. The molecule has 0 aliphatic carbocycles. The molecular formula is C14H16F3NO3. The number of fused-ring (bicyclic) bond motifs is 1. The number of nitrogens with zero attached hydrogens (tertiary/aromatic N) is 1. The average molecular weight is 303 g/mol. The highest BCUT2D eigenvalue weighted by Crippen LogP contribution is 2.32. The zero-order valence-electron chi connectivity index (χ0n) is 11.3. The normalized spacial score (nSPS) is 19.0. The molecule has 1 N–H and O–H groups in total. The number of hydrogen-bond acceptors (Lipinski definition) is 3. The number of rotatable bonds is 3. The van der Waals surface area contributed by atoms with Gasteiger partial charge in [-0.05, 0) is 18.9 Å². The van der Waals surface area contributed by atoms with Crippen LogP contribution in [0.15, 0.2) is 24.3 Å². The third-order valence-corrected chi connectivity index (χ3v) is 3.24. The van der Waals surface area contributed by atoms with Gasteiger partial charge in [0.2, 0.25) is 0 Å². The lowest BCUT2D eigenvalue weighted by molar-refractivity contribution is -0.175. The Kier molecular flexibility index (Phi) is 4.84. The van der Waals surface area contributed by atoms with Gasteiger partial charge >= 0.3 is 6.18 Å². The maximum atomic E-state index is 12.1. The summed E-state index contributed by atoms with van der Waals surface area (Å²) in [5.74, 6) is -0.541. The lowest BCUT2D eigenvalue weighted by atomic mass is 10.0. The van der Waals surface area contributed by atoms with Crippen LogP contribution in [0.3, 0.4) is 0 Å². The van der Waals surface area contributed by atoms with Crippen molar-refractivity contribution in [2.75, 3.05) is 24.7 Å². The van der Waals surface area contributed by atoms with E-state index in [9.17, 15) is 23.1 Å². The molecule has 0 aromatic heterocycles. The van der Waals surface area contributed by atoms with Crippen LogP contribution in [0.1, 0.15) is 24.5 Å². The van der Waals surface area contributed by atoms with Crippen molar-refractivity contribution in [1.29, 1.82) is 0 Å². The topological polar surface area (TPSA) is 49.8 Å². The van der Waals surface area contributed by atoms with Crippen LogP contribution in [0.2, 0.25) is 0 Å². The van der Waals surface area contributed by atoms with Gasteiger partial charge in [-0.25, -0.2) is 0 Å². The van der Waals surface area contributed by atoms with Crippen molar-refractivity contribution in [1.82, 2.24) is 0 Å². The minimum absolute atomic E-state index is 0.349. The van der Waals surface area contributed by atoms with Crippen molar-refractivity contribution in [3.63, 3.8) is 0 Å². The molecule has 1 amide bonds. The van der Waals surface area contributed by atoms with E-state index in [4.69, 9.17) is 0 Å². The molecule has 0 bridgehead atoms. The summed E-state index contributed by atoms with van der Waals surface area (Å²) in [6.07, 6.45) is -4.05. The lowest BCUT2D eigenvalue weighted by Gasteiger charge is -2.23. The maximum Gasteiger partial charge on any atom is 0.411 e. The Morgan fingerprint density at radius 2 is 2.10 bits per heavy atom. The molecule has 1 heterocycles. The summed E-state index contributed by atoms with van der Waals surface area (Å²) in [6, 6.07) is 6.84. The molecule has 0 saturated heterocycles. The smallest absolute Gasteiger partial charge is 0.388 e. The molecule has 116 valence electrons. The van der Waals surface area contributed by atoms with E-state index < -0.39 is 31.4 Å². The van der Waals surface area contributed by atoms with Crippen molar-refractivity contribution in [3.05, 3.63) is 29.8 Å². The Morgan fingerprint density at radius 1 is 1.38 bits per heavy atom. The van der Waals surface area contributed by atoms with E-state index in [1.54, 1.807) is 24.3 Å². The summed E-state index contributed by atoms with van der Waals surface area (Å²) in [5.41, 5.74) is 1.14. The number of carbonyl (C=O) groups is 1. The van der Waals surface area contributed by atoms with Gasteiger partial charge in [-0.2, -0.15) is 13.2 Å². The summed E-state index contributed by atoms with van der Waals surface area (Å²) < 4.78 is 40.5. The monoisotopic (exact) mass is 303 g/mol. The van der Waals surface area contributed by atoms with Crippen LogP contribution in [0, 0.1) is 0 Å². The van der Waals surface area contributed by atoms with E-state index in [2.05, 4.69) is 4.74 Å². The maximum absolute atomic E-state index is 12.1. The van der Waals surface area contributed by atoms with Crippen LogP contribution in [-0.2, 0) is 9.53 Å². The largest absolute Gasteiger partial charge is 0.411 e. The quantitative estimate of drug-likeness (QED) is 0.933. The van der Waals surface area contributed by atoms with Gasteiger partial charge in [-0.3, -0.25) is 4.79 Å². The number of amides is 1. The molecule has 1 aliphatic heterocycles. The molecule has 0 fully saturated rings. The Hall–Kier alpha value is -1.60. The van der Waals surface area contributed by atoms with Crippen molar-refractivity contribution in [3.8, 4) is 0 Å². The highest BCUT2D eigenvalue weighted by Gasteiger charge is 2.29. The summed E-state index contributed by atoms with van der Waals surface area (Å²) >= 11 is 0. The standard InChI is InChI=1S/C14H16F3NO3/c15-14(16,17)9-21-8-13(20)18-7-3-6-12(19)10-4-1-2-5-11(10)18/h1-2,4-5,12,19H,3,6-9H2. The molecule has 0 saturated carbocycles. The fourth-order valence-corrected chi connectivity index (χ4v) is 2.32. The first kappa shape index (κ1) is 15.8. The summed E-state index contributed by atoms with van der Waals surface area (Å²) in [5, 5.41) is 10.0. The van der Waals surface area contributed by atoms with Gasteiger partial charge in [0.05, 0.1) is 6.10 Å². The zero-order valence-corrected chi connectivity index (χ0v) is 11.3. The van der Waals surface area contributed by atoms with Crippen LogP contribution in [0.5, 0.6) is 0 Å². The van der Waals surface area contributed by atoms with Crippen molar-refractivity contribution in [2.45, 2.75) is 25.1 Å². The fraction of sp³-hybridized carbons (Fsp3) is 0.500. The first-order valence-electron chi connectivity index (χ1n) is 6.60. The van der Waals surface area contributed by atoms with Crippen LogP contribution >= 0.6 is 0 Å². The average Bonchev–Trinajstić information content (AvgIpc) is 2.57. The lowest BCUT2D eigenvalue weighted by Crippen LogP contribution is -2.35. The highest BCUT2D eigenvalue weighted by molar-refractivity contribution is 5.95. The van der Waals surface area contributed by atoms with Gasteiger partial charge in [-0.15, -0.1) is 0 Å². The Bertz CT molecular complexity index is 504. The Balaban J connectivity index is 2.08. The molecule has 4 nitrogen and oxygen atoms in total. The SMILES string of the molecule is O=C(COCC(F)(F)F)N1CCCC(O)c2ccccc21. The molecule has 1 aromatic rings. The van der Waals surface area contributed by atoms with Crippen molar-refractivity contribution < 1.29 is 27.8 Å². The van der Waals surface area contributed by atoms with Crippen LogP contribution < -0.4 is 4.90 Å². The molecule has 1 aromatic carbocycles. The molecule has 7 heteroatoms. The van der Waals surface area contributed by atoms with Crippen LogP contribution in [-0.4, -0.2) is 36.9 Å². The number of alkyl halides is 3. The predicted molar refractivity (Wildman–Crippen MR) is 69.9 cm³/mol. The summed E-state index contributed by atoms with van der Waals surface area (Å²) in [6.45, 7) is -1.73. The minimum atomic E-state index is -4.45. The van der Waals surface area contributed by atoms with E-state index in [1.165, 1.54) is 4.90 Å². The molecule has 21 heavy (non-hydrogen) atoms. The molecule has 1 atom stereocenters. The number of ether oxygens (including phenoxy) is 1. The van der Waals surface area contributed by atoms with Gasteiger partial charge in [0.15, 0.2) is 0 Å². The summed E-state index contributed by atoms with van der Waals surface area (Å²) in [7, 11) is 0. The first-order chi connectivity index (χ1) is 9.88. The van der Waals surface area contributed by atoms with E-state index in [1.807, 2.05) is 0 Å². The second-order valence-corrected chi connectivity index (χ2v) is 4.87. The van der Waals surface area contributed by atoms with E-state index in [0.717, 1.165) is 0 Å². The minimum Gasteiger partial charge on any atom is -0.388 e. The first-order valence-corrected chi connectivity index (χ1v) is 6.60. The number of para-hydroxylation sites is 1. The molecule has 1 unspecified atom stereocenters. The number of halogens is 3. The second-order valence-electron chi connectivity index (χ2n) is 4.87. The molecule has 1 aliphatic rings. The number of aliphatic hydroxyl groups is 1. The van der Waals surface area contributed by atoms with Gasteiger partial charge in [0.1, 0.15) is 13.2 Å². The fourth-order valence-electron chi connectivity index (χ4n) is 2.32. The Labute approximate surface area is 120 Å². The molecule has 2 rings (SSSR count). The second kappa shape index (κ2) is 6.44. The third kappa shape index (κ3) is 4.18. The molecule has 0 spiro atoms. The van der Waals surface area contributed by atoms with E-state index in [0.29, 0.717) is 30.6 Å².